The molecule has 4 heteroatoms. The Labute approximate surface area is 137 Å². The van der Waals surface area contributed by atoms with E-state index >= 15 is 0 Å². The molecule has 3 heterocycles. The van der Waals surface area contributed by atoms with Crippen LogP contribution in [0.3, 0.4) is 0 Å². The van der Waals surface area contributed by atoms with Crippen LogP contribution in [0.25, 0.3) is 0 Å². The van der Waals surface area contributed by atoms with E-state index in [9.17, 15) is 9.90 Å². The minimum atomic E-state index is -1.48. The molecular weight excluding hydrogens is 290 g/mol. The molecule has 5 rings (SSSR count). The first kappa shape index (κ1) is 15.2. The van der Waals surface area contributed by atoms with Gasteiger partial charge in [0.05, 0.1) is 0 Å². The van der Waals surface area contributed by atoms with Gasteiger partial charge in [-0.3, -0.25) is 4.90 Å². The number of nitrogens with zero attached hydrogens (tertiary/aromatic N) is 1. The van der Waals surface area contributed by atoms with Crippen LogP contribution in [0.5, 0.6) is 0 Å². The third kappa shape index (κ3) is 2.48. The van der Waals surface area contributed by atoms with Crippen molar-refractivity contribution in [3.63, 3.8) is 0 Å². The SMILES string of the molecule is CC1C(OC(=O)C(O)(c2ccccc2)C2CC2)C2CCN1CC2. The van der Waals surface area contributed by atoms with Crippen LogP contribution in [-0.4, -0.2) is 41.2 Å². The van der Waals surface area contributed by atoms with Crippen LogP contribution in [-0.2, 0) is 15.1 Å². The fraction of sp³-hybridized carbons (Fsp3) is 0.632. The highest BCUT2D eigenvalue weighted by molar-refractivity contribution is 5.82. The van der Waals surface area contributed by atoms with E-state index in [2.05, 4.69) is 11.8 Å². The minimum absolute atomic E-state index is 0.00575. The molecule has 0 radical (unpaired) electrons. The predicted molar refractivity (Wildman–Crippen MR) is 86.7 cm³/mol. The van der Waals surface area contributed by atoms with Crippen molar-refractivity contribution in [1.82, 2.24) is 4.90 Å². The molecular formula is C19H25NO3. The zero-order valence-corrected chi connectivity index (χ0v) is 13.6. The molecule has 4 nitrogen and oxygen atoms in total. The maximum Gasteiger partial charge on any atom is 0.343 e. The Kier molecular flexibility index (Phi) is 3.69. The molecule has 1 N–H and O–H groups in total. The second-order valence-corrected chi connectivity index (χ2v) is 7.39. The van der Waals surface area contributed by atoms with Gasteiger partial charge in [0.1, 0.15) is 6.10 Å². The normalized spacial score (nSPS) is 35.6. The third-order valence-corrected chi connectivity index (χ3v) is 6.03. The Morgan fingerprint density at radius 3 is 2.39 bits per heavy atom. The molecule has 4 fully saturated rings. The van der Waals surface area contributed by atoms with Crippen molar-refractivity contribution in [1.29, 1.82) is 0 Å². The molecule has 4 aliphatic rings. The van der Waals surface area contributed by atoms with Crippen LogP contribution in [0.4, 0.5) is 0 Å². The van der Waals surface area contributed by atoms with Crippen molar-refractivity contribution in [3.8, 4) is 0 Å². The topological polar surface area (TPSA) is 49.8 Å². The molecule has 1 saturated carbocycles. The van der Waals surface area contributed by atoms with Crippen LogP contribution >= 0.6 is 0 Å². The number of hydrogen-bond donors (Lipinski definition) is 1. The Balaban J connectivity index is 1.57. The average molecular weight is 315 g/mol. The Morgan fingerprint density at radius 2 is 1.83 bits per heavy atom. The van der Waals surface area contributed by atoms with Crippen LogP contribution in [0.15, 0.2) is 30.3 Å². The van der Waals surface area contributed by atoms with E-state index in [0.717, 1.165) is 38.8 Å². The van der Waals surface area contributed by atoms with Gasteiger partial charge in [0.2, 0.25) is 0 Å². The number of aliphatic hydroxyl groups is 1. The molecule has 0 amide bonds. The van der Waals surface area contributed by atoms with Gasteiger partial charge >= 0.3 is 5.97 Å². The van der Waals surface area contributed by atoms with Gasteiger partial charge in [-0.1, -0.05) is 30.3 Å². The van der Waals surface area contributed by atoms with Crippen molar-refractivity contribution < 1.29 is 14.6 Å². The molecule has 23 heavy (non-hydrogen) atoms. The summed E-state index contributed by atoms with van der Waals surface area (Å²) >= 11 is 0. The molecule has 0 aromatic heterocycles. The molecule has 1 aliphatic carbocycles. The van der Waals surface area contributed by atoms with Crippen LogP contribution in [0, 0.1) is 11.8 Å². The van der Waals surface area contributed by atoms with Gasteiger partial charge in [0, 0.05) is 12.0 Å². The second-order valence-electron chi connectivity index (χ2n) is 7.39. The lowest BCUT2D eigenvalue weighted by atomic mass is 9.81. The maximum absolute atomic E-state index is 12.9. The molecule has 2 bridgehead atoms. The summed E-state index contributed by atoms with van der Waals surface area (Å²) in [6.07, 6.45) is 3.87. The zero-order chi connectivity index (χ0) is 16.0. The number of esters is 1. The molecule has 124 valence electrons. The summed E-state index contributed by atoms with van der Waals surface area (Å²) in [7, 11) is 0. The van der Waals surface area contributed by atoms with Crippen molar-refractivity contribution >= 4 is 5.97 Å². The summed E-state index contributed by atoms with van der Waals surface area (Å²) in [5, 5.41) is 11.2. The number of fused-ring (bicyclic) bond motifs is 3. The molecule has 3 aliphatic heterocycles. The lowest BCUT2D eigenvalue weighted by molar-refractivity contribution is -0.189. The summed E-state index contributed by atoms with van der Waals surface area (Å²) in [4.78, 5) is 15.3. The monoisotopic (exact) mass is 315 g/mol. The van der Waals surface area contributed by atoms with E-state index in [1.165, 1.54) is 0 Å². The lowest BCUT2D eigenvalue weighted by Gasteiger charge is -2.49. The second kappa shape index (κ2) is 5.60. The lowest BCUT2D eigenvalue weighted by Crippen LogP contribution is -2.59. The summed E-state index contributed by atoms with van der Waals surface area (Å²) in [5.41, 5.74) is -0.811. The smallest absolute Gasteiger partial charge is 0.343 e. The zero-order valence-electron chi connectivity index (χ0n) is 13.6. The summed E-state index contributed by atoms with van der Waals surface area (Å²) < 4.78 is 5.93. The van der Waals surface area contributed by atoms with Crippen molar-refractivity contribution in [2.75, 3.05) is 13.1 Å². The number of carbonyl (C=O) groups is 1. The molecule has 3 unspecified atom stereocenters. The molecule has 3 atom stereocenters. The minimum Gasteiger partial charge on any atom is -0.458 e. The van der Waals surface area contributed by atoms with Gasteiger partial charge in [0.15, 0.2) is 5.60 Å². The number of piperidine rings is 3. The van der Waals surface area contributed by atoms with Crippen molar-refractivity contribution in [2.24, 2.45) is 11.8 Å². The fourth-order valence-corrected chi connectivity index (χ4v) is 4.38. The third-order valence-electron chi connectivity index (χ3n) is 6.03. The number of carbonyl (C=O) groups excluding carboxylic acids is 1. The van der Waals surface area contributed by atoms with Gasteiger partial charge in [-0.25, -0.2) is 4.79 Å². The van der Waals surface area contributed by atoms with Gasteiger partial charge in [0.25, 0.3) is 0 Å². The van der Waals surface area contributed by atoms with E-state index in [4.69, 9.17) is 4.74 Å². The number of rotatable bonds is 4. The first-order valence-electron chi connectivity index (χ1n) is 8.83. The predicted octanol–water partition coefficient (Wildman–Crippen LogP) is 2.31. The summed E-state index contributed by atoms with van der Waals surface area (Å²) in [5.74, 6) is -0.0104. The average Bonchev–Trinajstić information content (AvgIpc) is 3.44. The maximum atomic E-state index is 12.9. The van der Waals surface area contributed by atoms with E-state index in [-0.39, 0.29) is 18.1 Å². The number of ether oxygens (including phenoxy) is 1. The highest BCUT2D eigenvalue weighted by atomic mass is 16.6. The van der Waals surface area contributed by atoms with E-state index < -0.39 is 11.6 Å². The van der Waals surface area contributed by atoms with E-state index in [1.54, 1.807) is 0 Å². The van der Waals surface area contributed by atoms with Crippen molar-refractivity contribution in [3.05, 3.63) is 35.9 Å². The first-order valence-corrected chi connectivity index (χ1v) is 8.83. The van der Waals surface area contributed by atoms with Crippen LogP contribution < -0.4 is 0 Å². The number of hydrogen-bond acceptors (Lipinski definition) is 4. The van der Waals surface area contributed by atoms with E-state index in [1.807, 2.05) is 30.3 Å². The highest BCUT2D eigenvalue weighted by Crippen LogP contribution is 2.47. The molecule has 3 saturated heterocycles. The molecule has 0 spiro atoms. The van der Waals surface area contributed by atoms with Crippen molar-refractivity contribution in [2.45, 2.75) is 50.4 Å². The van der Waals surface area contributed by atoms with Crippen LogP contribution in [0.2, 0.25) is 0 Å². The Bertz CT molecular complexity index is 576. The van der Waals surface area contributed by atoms with Crippen LogP contribution in [0.1, 0.15) is 38.2 Å². The van der Waals surface area contributed by atoms with Gasteiger partial charge in [-0.2, -0.15) is 0 Å². The quantitative estimate of drug-likeness (QED) is 0.866. The van der Waals surface area contributed by atoms with E-state index in [0.29, 0.717) is 11.5 Å². The fourth-order valence-electron chi connectivity index (χ4n) is 4.38. The first-order chi connectivity index (χ1) is 11.1. The molecule has 1 aromatic rings. The highest BCUT2D eigenvalue weighted by Gasteiger charge is 2.54. The number of benzene rings is 1. The largest absolute Gasteiger partial charge is 0.458 e. The van der Waals surface area contributed by atoms with Gasteiger partial charge < -0.3 is 9.84 Å². The molecule has 1 aromatic carbocycles. The van der Waals surface area contributed by atoms with Gasteiger partial charge in [-0.05, 0) is 57.2 Å². The van der Waals surface area contributed by atoms with Gasteiger partial charge in [-0.15, -0.1) is 0 Å². The summed E-state index contributed by atoms with van der Waals surface area (Å²) in [6, 6.07) is 9.56. The summed E-state index contributed by atoms with van der Waals surface area (Å²) in [6.45, 7) is 4.35. The standard InChI is InChI=1S/C19H25NO3/c1-13-17(14-9-11-20(13)12-10-14)23-18(21)19(22,16-7-8-16)15-5-3-2-4-6-15/h2-6,13-14,16-17,22H,7-12H2,1H3. The Morgan fingerprint density at radius 1 is 1.17 bits per heavy atom. The Hall–Kier alpha value is -1.39.